The number of sulfone groups is 1. The first-order chi connectivity index (χ1) is 11.7. The average Bonchev–Trinajstić information content (AvgIpc) is 2.50. The number of hydroxylamine groups is 2. The van der Waals surface area contributed by atoms with Gasteiger partial charge in [-0.05, 0) is 36.6 Å². The Morgan fingerprint density at radius 2 is 1.84 bits per heavy atom. The Hall–Kier alpha value is -1.64. The second-order valence-electron chi connectivity index (χ2n) is 6.27. The zero-order chi connectivity index (χ0) is 19.0. The normalized spacial score (nSPS) is 13.2. The number of unbranched alkanes of at least 4 members (excludes halogenated alkanes) is 2. The molecule has 0 aromatic heterocycles. The molecule has 0 bridgehead atoms. The molecule has 0 heterocycles. The highest BCUT2D eigenvalue weighted by atomic mass is 32.2. The Labute approximate surface area is 149 Å². The van der Waals surface area contributed by atoms with Crippen molar-refractivity contribution in [3.8, 4) is 5.75 Å². The highest BCUT2D eigenvalue weighted by Gasteiger charge is 2.35. The quantitative estimate of drug-likeness (QED) is 0.455. The van der Waals surface area contributed by atoms with Gasteiger partial charge in [0.05, 0.1) is 11.5 Å². The number of carbonyl (C=O) groups is 1. The second-order valence-corrected chi connectivity index (χ2v) is 8.31. The Morgan fingerprint density at radius 1 is 1.24 bits per heavy atom. The molecule has 1 rings (SSSR count). The standard InChI is InChI=1S/C17H28N2O5S/c1-4-5-6-11-24-14-7-9-15(10-8-14)25(22,23)17(13(2)3)19(21)12-16(18)20/h7-10,13,17,21H,4-6,11-12H2,1-3H3,(H2,18,20). The smallest absolute Gasteiger partial charge is 0.234 e. The molecule has 8 heteroatoms. The van der Waals surface area contributed by atoms with Crippen LogP contribution in [0, 0.1) is 5.92 Å². The van der Waals surface area contributed by atoms with E-state index in [1.54, 1.807) is 26.0 Å². The predicted octanol–water partition coefficient (Wildman–Crippen LogP) is 2.19. The Balaban J connectivity index is 2.93. The van der Waals surface area contributed by atoms with E-state index in [-0.39, 0.29) is 4.90 Å². The first-order valence-corrected chi connectivity index (χ1v) is 9.95. The van der Waals surface area contributed by atoms with Gasteiger partial charge in [0.2, 0.25) is 5.91 Å². The van der Waals surface area contributed by atoms with E-state index in [0.717, 1.165) is 19.3 Å². The molecule has 1 aromatic carbocycles. The third-order valence-corrected chi connectivity index (χ3v) is 6.02. The van der Waals surface area contributed by atoms with Crippen molar-refractivity contribution in [2.75, 3.05) is 13.2 Å². The van der Waals surface area contributed by atoms with Crippen LogP contribution in [0.2, 0.25) is 0 Å². The fourth-order valence-corrected chi connectivity index (χ4v) is 4.43. The lowest BCUT2D eigenvalue weighted by molar-refractivity contribution is -0.141. The van der Waals surface area contributed by atoms with Crippen molar-refractivity contribution >= 4 is 15.7 Å². The van der Waals surface area contributed by atoms with Crippen LogP contribution in [-0.2, 0) is 14.6 Å². The van der Waals surface area contributed by atoms with Gasteiger partial charge in [0.25, 0.3) is 0 Å². The summed E-state index contributed by atoms with van der Waals surface area (Å²) in [5, 5.41) is 9.21. The molecule has 0 radical (unpaired) electrons. The lowest BCUT2D eigenvalue weighted by Gasteiger charge is -2.28. The third kappa shape index (κ3) is 6.30. The molecule has 0 aliphatic rings. The summed E-state index contributed by atoms with van der Waals surface area (Å²) in [5.41, 5.74) is 5.05. The van der Waals surface area contributed by atoms with Crippen LogP contribution >= 0.6 is 0 Å². The van der Waals surface area contributed by atoms with E-state index in [2.05, 4.69) is 6.92 Å². The van der Waals surface area contributed by atoms with E-state index in [4.69, 9.17) is 10.5 Å². The summed E-state index contributed by atoms with van der Waals surface area (Å²) in [6.45, 7) is 5.43. The molecule has 0 aliphatic carbocycles. The van der Waals surface area contributed by atoms with Gasteiger partial charge in [0.1, 0.15) is 17.7 Å². The van der Waals surface area contributed by atoms with Gasteiger partial charge in [0, 0.05) is 0 Å². The van der Waals surface area contributed by atoms with Gasteiger partial charge in [0.15, 0.2) is 9.84 Å². The fraction of sp³-hybridized carbons (Fsp3) is 0.588. The lowest BCUT2D eigenvalue weighted by atomic mass is 10.2. The van der Waals surface area contributed by atoms with E-state index >= 15 is 0 Å². The minimum absolute atomic E-state index is 0.0515. The highest BCUT2D eigenvalue weighted by molar-refractivity contribution is 7.92. The lowest BCUT2D eigenvalue weighted by Crippen LogP contribution is -2.46. The number of hydrogen-bond acceptors (Lipinski definition) is 6. The number of nitrogens with two attached hydrogens (primary N) is 1. The summed E-state index contributed by atoms with van der Waals surface area (Å²) in [5.74, 6) is -0.660. The summed E-state index contributed by atoms with van der Waals surface area (Å²) in [6.07, 6.45) is 3.12. The van der Waals surface area contributed by atoms with Crippen molar-refractivity contribution in [3.63, 3.8) is 0 Å². The molecule has 1 unspecified atom stereocenters. The van der Waals surface area contributed by atoms with Crippen LogP contribution in [-0.4, -0.2) is 43.1 Å². The molecule has 0 saturated carbocycles. The summed E-state index contributed by atoms with van der Waals surface area (Å²) in [7, 11) is -3.88. The zero-order valence-corrected chi connectivity index (χ0v) is 15.8. The van der Waals surface area contributed by atoms with Crippen LogP contribution in [0.25, 0.3) is 0 Å². The number of benzene rings is 1. The number of carbonyl (C=O) groups excluding carboxylic acids is 1. The maximum Gasteiger partial charge on any atom is 0.234 e. The molecule has 25 heavy (non-hydrogen) atoms. The Bertz CT molecular complexity index is 644. The SMILES string of the molecule is CCCCCOc1ccc(S(=O)(=O)C(C(C)C)N(O)CC(N)=O)cc1. The zero-order valence-electron chi connectivity index (χ0n) is 15.0. The summed E-state index contributed by atoms with van der Waals surface area (Å²) in [6, 6.07) is 6.06. The van der Waals surface area contributed by atoms with Crippen LogP contribution < -0.4 is 10.5 Å². The minimum atomic E-state index is -3.88. The number of rotatable bonds is 11. The van der Waals surface area contributed by atoms with Crippen LogP contribution in [0.5, 0.6) is 5.75 Å². The largest absolute Gasteiger partial charge is 0.494 e. The van der Waals surface area contributed by atoms with Crippen LogP contribution in [0.3, 0.4) is 0 Å². The van der Waals surface area contributed by atoms with Crippen molar-refractivity contribution in [3.05, 3.63) is 24.3 Å². The molecular formula is C17H28N2O5S. The number of hydrogen-bond donors (Lipinski definition) is 2. The average molecular weight is 372 g/mol. The molecular weight excluding hydrogens is 344 g/mol. The molecule has 1 aromatic rings. The predicted molar refractivity (Wildman–Crippen MR) is 95.0 cm³/mol. The molecule has 0 saturated heterocycles. The van der Waals surface area contributed by atoms with E-state index in [9.17, 15) is 18.4 Å². The topological polar surface area (TPSA) is 110 Å². The molecule has 0 fully saturated rings. The molecule has 7 nitrogen and oxygen atoms in total. The van der Waals surface area contributed by atoms with Crippen molar-refractivity contribution < 1.29 is 23.2 Å². The first-order valence-electron chi connectivity index (χ1n) is 8.40. The number of amides is 1. The fourth-order valence-electron chi connectivity index (χ4n) is 2.52. The van der Waals surface area contributed by atoms with Gasteiger partial charge in [-0.25, -0.2) is 8.42 Å². The van der Waals surface area contributed by atoms with Gasteiger partial charge in [-0.15, -0.1) is 0 Å². The van der Waals surface area contributed by atoms with Crippen molar-refractivity contribution in [2.24, 2.45) is 11.7 Å². The summed E-state index contributed by atoms with van der Waals surface area (Å²) >= 11 is 0. The molecule has 3 N–H and O–H groups in total. The summed E-state index contributed by atoms with van der Waals surface area (Å²) in [4.78, 5) is 11.1. The Morgan fingerprint density at radius 3 is 2.32 bits per heavy atom. The number of primary amides is 1. The highest BCUT2D eigenvalue weighted by Crippen LogP contribution is 2.25. The van der Waals surface area contributed by atoms with E-state index < -0.39 is 33.6 Å². The van der Waals surface area contributed by atoms with Gasteiger partial charge in [-0.1, -0.05) is 33.6 Å². The minimum Gasteiger partial charge on any atom is -0.494 e. The second kappa shape index (κ2) is 9.74. The summed E-state index contributed by atoms with van der Waals surface area (Å²) < 4.78 is 31.2. The monoisotopic (exact) mass is 372 g/mol. The maximum absolute atomic E-state index is 12.8. The molecule has 142 valence electrons. The first kappa shape index (κ1) is 21.4. The maximum atomic E-state index is 12.8. The molecule has 1 atom stereocenters. The number of ether oxygens (including phenoxy) is 1. The van der Waals surface area contributed by atoms with Crippen LogP contribution in [0.15, 0.2) is 29.2 Å². The van der Waals surface area contributed by atoms with Crippen molar-refractivity contribution in [1.82, 2.24) is 5.06 Å². The van der Waals surface area contributed by atoms with Gasteiger partial charge in [-0.2, -0.15) is 5.06 Å². The van der Waals surface area contributed by atoms with Gasteiger partial charge >= 0.3 is 0 Å². The van der Waals surface area contributed by atoms with E-state index in [1.165, 1.54) is 12.1 Å². The number of nitrogens with zero attached hydrogens (tertiary/aromatic N) is 1. The van der Waals surface area contributed by atoms with Crippen LogP contribution in [0.4, 0.5) is 0 Å². The third-order valence-electron chi connectivity index (χ3n) is 3.67. The molecule has 0 spiro atoms. The molecule has 1 amide bonds. The van der Waals surface area contributed by atoms with E-state index in [0.29, 0.717) is 17.4 Å². The molecule has 0 aliphatic heterocycles. The van der Waals surface area contributed by atoms with Crippen molar-refractivity contribution in [2.45, 2.75) is 50.3 Å². The Kier molecular flexibility index (Phi) is 8.34. The van der Waals surface area contributed by atoms with Crippen molar-refractivity contribution in [1.29, 1.82) is 0 Å². The van der Waals surface area contributed by atoms with E-state index in [1.807, 2.05) is 0 Å². The van der Waals surface area contributed by atoms with Gasteiger partial charge < -0.3 is 15.7 Å². The van der Waals surface area contributed by atoms with Gasteiger partial charge in [-0.3, -0.25) is 4.79 Å². The van der Waals surface area contributed by atoms with Crippen LogP contribution in [0.1, 0.15) is 40.0 Å².